The SMILES string of the molecule is CN=C1NC(=O)C(=Cc2ccc(N(C)CCOC)nc2)S1. The van der Waals surface area contributed by atoms with Crippen molar-refractivity contribution < 1.29 is 9.53 Å². The van der Waals surface area contributed by atoms with Crippen LogP contribution in [0.2, 0.25) is 0 Å². The lowest BCUT2D eigenvalue weighted by molar-refractivity contribution is -0.115. The van der Waals surface area contributed by atoms with Gasteiger partial charge in [0.2, 0.25) is 0 Å². The average molecular weight is 306 g/mol. The van der Waals surface area contributed by atoms with Gasteiger partial charge in [0.15, 0.2) is 5.17 Å². The molecule has 1 aliphatic rings. The number of hydrogen-bond acceptors (Lipinski definition) is 6. The summed E-state index contributed by atoms with van der Waals surface area (Å²) in [7, 11) is 5.29. The molecule has 1 N–H and O–H groups in total. The van der Waals surface area contributed by atoms with E-state index in [9.17, 15) is 4.79 Å². The fraction of sp³-hybridized carbons (Fsp3) is 0.357. The molecule has 6 nitrogen and oxygen atoms in total. The third-order valence-corrected chi connectivity index (χ3v) is 3.95. The summed E-state index contributed by atoms with van der Waals surface area (Å²) >= 11 is 1.33. The molecule has 1 aliphatic heterocycles. The van der Waals surface area contributed by atoms with Crippen molar-refractivity contribution >= 4 is 34.7 Å². The molecule has 1 aromatic heterocycles. The zero-order chi connectivity index (χ0) is 15.2. The van der Waals surface area contributed by atoms with E-state index in [1.807, 2.05) is 30.2 Å². The van der Waals surface area contributed by atoms with Crippen molar-refractivity contribution in [3.05, 3.63) is 28.8 Å². The normalized spacial score (nSPS) is 18.3. The number of amidine groups is 1. The van der Waals surface area contributed by atoms with Gasteiger partial charge in [-0.15, -0.1) is 0 Å². The molecule has 0 unspecified atom stereocenters. The van der Waals surface area contributed by atoms with E-state index >= 15 is 0 Å². The monoisotopic (exact) mass is 306 g/mol. The fourth-order valence-corrected chi connectivity index (χ4v) is 2.52. The number of hydrogen-bond donors (Lipinski definition) is 1. The van der Waals surface area contributed by atoms with Gasteiger partial charge < -0.3 is 15.0 Å². The highest BCUT2D eigenvalue weighted by Crippen LogP contribution is 2.25. The second-order valence-corrected chi connectivity index (χ2v) is 5.49. The number of amides is 1. The van der Waals surface area contributed by atoms with Crippen molar-refractivity contribution in [2.45, 2.75) is 0 Å². The zero-order valence-electron chi connectivity index (χ0n) is 12.3. The highest BCUT2D eigenvalue weighted by atomic mass is 32.2. The minimum atomic E-state index is -0.123. The zero-order valence-corrected chi connectivity index (χ0v) is 13.1. The first kappa shape index (κ1) is 15.5. The molecule has 1 saturated heterocycles. The molecule has 1 fully saturated rings. The first-order chi connectivity index (χ1) is 10.1. The number of methoxy groups -OCH3 is 1. The van der Waals surface area contributed by atoms with Gasteiger partial charge in [0.1, 0.15) is 5.82 Å². The molecule has 0 atom stereocenters. The van der Waals surface area contributed by atoms with E-state index in [1.54, 1.807) is 20.4 Å². The van der Waals surface area contributed by atoms with Crippen LogP contribution in [0.4, 0.5) is 5.82 Å². The number of anilines is 1. The maximum absolute atomic E-state index is 11.7. The van der Waals surface area contributed by atoms with Crippen LogP contribution in [0.25, 0.3) is 6.08 Å². The molecule has 112 valence electrons. The molecule has 0 radical (unpaired) electrons. The van der Waals surface area contributed by atoms with Gasteiger partial charge in [0.25, 0.3) is 5.91 Å². The maximum Gasteiger partial charge on any atom is 0.264 e. The molecule has 0 aromatic carbocycles. The number of pyridine rings is 1. The third kappa shape index (κ3) is 4.05. The Morgan fingerprint density at radius 2 is 2.33 bits per heavy atom. The largest absolute Gasteiger partial charge is 0.383 e. The number of carbonyl (C=O) groups excluding carboxylic acids is 1. The molecular formula is C14H18N4O2S. The van der Waals surface area contributed by atoms with Crippen molar-refractivity contribution in [2.24, 2.45) is 4.99 Å². The Morgan fingerprint density at radius 3 is 2.90 bits per heavy atom. The Kier molecular flexibility index (Phi) is 5.35. The quantitative estimate of drug-likeness (QED) is 0.832. The third-order valence-electron chi connectivity index (χ3n) is 2.94. The van der Waals surface area contributed by atoms with E-state index in [-0.39, 0.29) is 5.91 Å². The van der Waals surface area contributed by atoms with Crippen LogP contribution >= 0.6 is 11.8 Å². The minimum absolute atomic E-state index is 0.123. The molecule has 1 aromatic rings. The molecular weight excluding hydrogens is 288 g/mol. The Bertz CT molecular complexity index is 569. The number of likely N-dealkylation sites (N-methyl/N-ethyl adjacent to an activating group) is 1. The van der Waals surface area contributed by atoms with Gasteiger partial charge in [-0.1, -0.05) is 0 Å². The topological polar surface area (TPSA) is 66.8 Å². The summed E-state index contributed by atoms with van der Waals surface area (Å²) in [6, 6.07) is 3.86. The van der Waals surface area contributed by atoms with Crippen molar-refractivity contribution in [1.29, 1.82) is 0 Å². The predicted molar refractivity (Wildman–Crippen MR) is 86.5 cm³/mol. The second kappa shape index (κ2) is 7.24. The number of ether oxygens (including phenoxy) is 1. The predicted octanol–water partition coefficient (Wildman–Crippen LogP) is 1.35. The van der Waals surface area contributed by atoms with Crippen molar-refractivity contribution in [2.75, 3.05) is 39.3 Å². The Hall–Kier alpha value is -1.86. The van der Waals surface area contributed by atoms with Crippen LogP contribution < -0.4 is 10.2 Å². The van der Waals surface area contributed by atoms with E-state index in [1.165, 1.54) is 11.8 Å². The van der Waals surface area contributed by atoms with Crippen LogP contribution in [0.5, 0.6) is 0 Å². The lowest BCUT2D eigenvalue weighted by atomic mass is 10.2. The van der Waals surface area contributed by atoms with Crippen LogP contribution in [0.1, 0.15) is 5.56 Å². The molecule has 0 spiro atoms. The first-order valence-corrected chi connectivity index (χ1v) is 7.29. The van der Waals surface area contributed by atoms with Crippen LogP contribution in [-0.2, 0) is 9.53 Å². The van der Waals surface area contributed by atoms with Gasteiger partial charge in [-0.3, -0.25) is 9.79 Å². The average Bonchev–Trinajstić information content (AvgIpc) is 2.86. The molecule has 21 heavy (non-hydrogen) atoms. The second-order valence-electron chi connectivity index (χ2n) is 4.46. The lowest BCUT2D eigenvalue weighted by Gasteiger charge is -2.17. The van der Waals surface area contributed by atoms with Gasteiger partial charge >= 0.3 is 0 Å². The Balaban J connectivity index is 2.07. The van der Waals surface area contributed by atoms with Crippen molar-refractivity contribution in [1.82, 2.24) is 10.3 Å². The van der Waals surface area contributed by atoms with Gasteiger partial charge in [-0.2, -0.15) is 0 Å². The molecule has 2 heterocycles. The number of aliphatic imine (C=N–C) groups is 1. The minimum Gasteiger partial charge on any atom is -0.383 e. The van der Waals surface area contributed by atoms with Gasteiger partial charge in [-0.25, -0.2) is 4.98 Å². The van der Waals surface area contributed by atoms with Gasteiger partial charge in [0.05, 0.1) is 11.5 Å². The summed E-state index contributed by atoms with van der Waals surface area (Å²) < 4.78 is 5.04. The van der Waals surface area contributed by atoms with E-state index in [0.717, 1.165) is 17.9 Å². The summed E-state index contributed by atoms with van der Waals surface area (Å²) in [6.07, 6.45) is 3.56. The molecule has 1 amide bonds. The van der Waals surface area contributed by atoms with Crippen molar-refractivity contribution in [3.8, 4) is 0 Å². The van der Waals surface area contributed by atoms with E-state index < -0.39 is 0 Å². The first-order valence-electron chi connectivity index (χ1n) is 6.48. The smallest absolute Gasteiger partial charge is 0.264 e. The molecule has 7 heteroatoms. The van der Waals surface area contributed by atoms with E-state index in [0.29, 0.717) is 16.7 Å². The summed E-state index contributed by atoms with van der Waals surface area (Å²) in [6.45, 7) is 1.43. The standard InChI is InChI=1S/C14H18N4O2S/c1-15-14-17-13(19)11(21-14)8-10-4-5-12(16-9-10)18(2)6-7-20-3/h4-5,8-9H,6-7H2,1-3H3,(H,15,17,19). The number of nitrogens with one attached hydrogen (secondary N) is 1. The summed E-state index contributed by atoms with van der Waals surface area (Å²) in [4.78, 5) is 22.7. The van der Waals surface area contributed by atoms with Crippen LogP contribution in [0, 0.1) is 0 Å². The van der Waals surface area contributed by atoms with Crippen molar-refractivity contribution in [3.63, 3.8) is 0 Å². The number of aromatic nitrogens is 1. The highest BCUT2D eigenvalue weighted by molar-refractivity contribution is 8.18. The molecule has 2 rings (SSSR count). The molecule has 0 bridgehead atoms. The molecule has 0 aliphatic carbocycles. The number of rotatable bonds is 5. The molecule has 0 saturated carbocycles. The summed E-state index contributed by atoms with van der Waals surface area (Å²) in [5.74, 6) is 0.746. The van der Waals surface area contributed by atoms with Crippen LogP contribution in [0.3, 0.4) is 0 Å². The Labute approximate surface area is 128 Å². The van der Waals surface area contributed by atoms with Crippen LogP contribution in [-0.4, -0.2) is 50.4 Å². The summed E-state index contributed by atoms with van der Waals surface area (Å²) in [5, 5.41) is 3.31. The number of thioether (sulfide) groups is 1. The maximum atomic E-state index is 11.7. The van der Waals surface area contributed by atoms with Gasteiger partial charge in [-0.05, 0) is 35.5 Å². The van der Waals surface area contributed by atoms with Crippen LogP contribution in [0.15, 0.2) is 28.2 Å². The van der Waals surface area contributed by atoms with E-state index in [4.69, 9.17) is 4.74 Å². The highest BCUT2D eigenvalue weighted by Gasteiger charge is 2.22. The number of nitrogens with zero attached hydrogens (tertiary/aromatic N) is 3. The van der Waals surface area contributed by atoms with Gasteiger partial charge in [0, 0.05) is 33.9 Å². The summed E-state index contributed by atoms with van der Waals surface area (Å²) in [5.41, 5.74) is 0.883. The Morgan fingerprint density at radius 1 is 1.52 bits per heavy atom. The lowest BCUT2D eigenvalue weighted by Crippen LogP contribution is -2.22. The fourth-order valence-electron chi connectivity index (χ4n) is 1.73. The number of carbonyl (C=O) groups is 1. The van der Waals surface area contributed by atoms with E-state index in [2.05, 4.69) is 15.3 Å².